The zero-order valence-corrected chi connectivity index (χ0v) is 24.8. The number of ether oxygens (including phenoxy) is 1. The Morgan fingerprint density at radius 2 is 1.12 bits per heavy atom. The lowest BCUT2D eigenvalue weighted by molar-refractivity contribution is -0.248. The van der Waals surface area contributed by atoms with Crippen LogP contribution in [0.5, 0.6) is 0 Å². The van der Waals surface area contributed by atoms with E-state index in [1.165, 1.54) is 75.3 Å². The zero-order chi connectivity index (χ0) is 28.2. The van der Waals surface area contributed by atoms with Crippen molar-refractivity contribution in [2.75, 3.05) is 6.61 Å². The fourth-order valence-corrected chi connectivity index (χ4v) is 6.85. The third kappa shape index (κ3) is 9.13. The Kier molecular flexibility index (Phi) is 12.0. The van der Waals surface area contributed by atoms with Gasteiger partial charge in [0.1, 0.15) is 0 Å². The summed E-state index contributed by atoms with van der Waals surface area (Å²) in [5, 5.41) is 0. The normalized spacial score (nSPS) is 24.2. The van der Waals surface area contributed by atoms with E-state index in [1.807, 2.05) is 12.1 Å². The molecule has 0 spiro atoms. The van der Waals surface area contributed by atoms with Crippen molar-refractivity contribution in [2.45, 2.75) is 115 Å². The Balaban J connectivity index is 1.19. The van der Waals surface area contributed by atoms with Gasteiger partial charge in [0.2, 0.25) is 0 Å². The number of halogens is 2. The van der Waals surface area contributed by atoms with Crippen LogP contribution in [0, 0.1) is 11.8 Å². The topological polar surface area (TPSA) is 9.23 Å². The lowest BCUT2D eigenvalue weighted by Gasteiger charge is -2.29. The fourth-order valence-electron chi connectivity index (χ4n) is 6.85. The Bertz CT molecular complexity index is 1040. The van der Waals surface area contributed by atoms with Gasteiger partial charge in [-0.2, -0.15) is 8.78 Å². The predicted octanol–water partition coefficient (Wildman–Crippen LogP) is 11.3. The van der Waals surface area contributed by atoms with Crippen molar-refractivity contribution in [3.8, 4) is 0 Å². The van der Waals surface area contributed by atoms with Gasteiger partial charge in [-0.25, -0.2) is 0 Å². The van der Waals surface area contributed by atoms with Crippen molar-refractivity contribution < 1.29 is 13.5 Å². The molecule has 0 saturated heterocycles. The zero-order valence-electron chi connectivity index (χ0n) is 24.8. The van der Waals surface area contributed by atoms with E-state index in [0.717, 1.165) is 30.2 Å². The van der Waals surface area contributed by atoms with Crippen LogP contribution in [0.15, 0.2) is 72.8 Å². The molecule has 0 aliphatic heterocycles. The van der Waals surface area contributed by atoms with Crippen LogP contribution in [0.25, 0.3) is 0 Å². The highest BCUT2D eigenvalue weighted by atomic mass is 19.3. The van der Waals surface area contributed by atoms with Crippen LogP contribution in [0.2, 0.25) is 0 Å². The Labute approximate surface area is 242 Å². The third-order valence-electron chi connectivity index (χ3n) is 9.49. The van der Waals surface area contributed by atoms with Gasteiger partial charge in [-0.15, -0.1) is 0 Å². The van der Waals surface area contributed by atoms with E-state index in [2.05, 4.69) is 62.4 Å². The summed E-state index contributed by atoms with van der Waals surface area (Å²) in [5.74, 6) is 2.79. The first kappa shape index (κ1) is 30.7. The summed E-state index contributed by atoms with van der Waals surface area (Å²) >= 11 is 0. The van der Waals surface area contributed by atoms with Crippen LogP contribution >= 0.6 is 0 Å². The van der Waals surface area contributed by atoms with E-state index < -0.39 is 6.11 Å². The van der Waals surface area contributed by atoms with Gasteiger partial charge in [0.25, 0.3) is 0 Å². The Morgan fingerprint density at radius 3 is 1.57 bits per heavy atom. The smallest absolute Gasteiger partial charge is 0.316 e. The predicted molar refractivity (Wildman–Crippen MR) is 164 cm³/mol. The highest BCUT2D eigenvalue weighted by Gasteiger charge is 2.33. The van der Waals surface area contributed by atoms with Crippen LogP contribution in [0.1, 0.15) is 125 Å². The van der Waals surface area contributed by atoms with E-state index in [4.69, 9.17) is 4.74 Å². The number of benzene rings is 2. The van der Waals surface area contributed by atoms with Gasteiger partial charge in [-0.05, 0) is 138 Å². The Morgan fingerprint density at radius 1 is 0.675 bits per heavy atom. The minimum Gasteiger partial charge on any atom is -0.316 e. The van der Waals surface area contributed by atoms with E-state index in [1.54, 1.807) is 12.1 Å². The molecular weight excluding hydrogens is 498 g/mol. The minimum atomic E-state index is -3.27. The van der Waals surface area contributed by atoms with Crippen molar-refractivity contribution >= 4 is 0 Å². The quantitative estimate of drug-likeness (QED) is 0.226. The number of hydrogen-bond donors (Lipinski definition) is 0. The second kappa shape index (κ2) is 15.7. The molecule has 0 heterocycles. The monoisotopic (exact) mass is 548 g/mol. The molecule has 0 atom stereocenters. The summed E-state index contributed by atoms with van der Waals surface area (Å²) in [7, 11) is 0. The molecule has 2 aliphatic rings. The summed E-state index contributed by atoms with van der Waals surface area (Å²) in [6.45, 7) is 4.17. The standard InChI is InChI=1S/C37H50F2O/c1-3-5-7-9-29-11-17-32(18-12-29)33-21-15-31(16-22-33)27-28-40-37(38,39)36-25-23-35(24-26-36)34-19-13-30(14-20-34)10-8-6-4-2/h3-6,15-16,21-26,29-30,32,34H,7-14,17-20,27-28H2,1-2H3/b5-3+,6-4+/t29-,30-,32-,34-. The molecule has 3 heteroatoms. The molecule has 0 N–H and O–H groups in total. The van der Waals surface area contributed by atoms with Crippen LogP contribution in [0.3, 0.4) is 0 Å². The maximum Gasteiger partial charge on any atom is 0.383 e. The van der Waals surface area contributed by atoms with Gasteiger partial charge < -0.3 is 4.74 Å². The maximum atomic E-state index is 14.8. The van der Waals surface area contributed by atoms with E-state index in [9.17, 15) is 8.78 Å². The molecule has 2 aromatic rings. The molecule has 2 saturated carbocycles. The van der Waals surface area contributed by atoms with Gasteiger partial charge in [-0.3, -0.25) is 0 Å². The molecule has 2 aromatic carbocycles. The molecule has 0 bridgehead atoms. The van der Waals surface area contributed by atoms with Crippen LogP contribution in [-0.4, -0.2) is 6.61 Å². The lowest BCUT2D eigenvalue weighted by atomic mass is 9.77. The number of alkyl halides is 2. The molecular formula is C37H50F2O. The summed E-state index contributed by atoms with van der Waals surface area (Å²) in [4.78, 5) is 0. The van der Waals surface area contributed by atoms with Gasteiger partial charge in [0.15, 0.2) is 0 Å². The number of allylic oxidation sites excluding steroid dienone is 4. The molecule has 0 radical (unpaired) electrons. The van der Waals surface area contributed by atoms with Crippen molar-refractivity contribution in [1.29, 1.82) is 0 Å². The molecule has 0 aromatic heterocycles. The van der Waals surface area contributed by atoms with E-state index >= 15 is 0 Å². The molecule has 0 unspecified atom stereocenters. The van der Waals surface area contributed by atoms with Crippen LogP contribution in [-0.2, 0) is 17.3 Å². The molecule has 4 rings (SSSR count). The second-order valence-electron chi connectivity index (χ2n) is 12.2. The average Bonchev–Trinajstić information content (AvgIpc) is 2.99. The highest BCUT2D eigenvalue weighted by molar-refractivity contribution is 5.28. The molecule has 2 aliphatic carbocycles. The van der Waals surface area contributed by atoms with Crippen molar-refractivity contribution in [3.05, 3.63) is 95.1 Å². The van der Waals surface area contributed by atoms with Crippen LogP contribution in [0.4, 0.5) is 8.78 Å². The van der Waals surface area contributed by atoms with Gasteiger partial charge in [0.05, 0.1) is 12.2 Å². The molecule has 0 amide bonds. The number of hydrogen-bond acceptors (Lipinski definition) is 1. The first-order valence-electron chi connectivity index (χ1n) is 15.9. The summed E-state index contributed by atoms with van der Waals surface area (Å²) in [6, 6.07) is 15.5. The van der Waals surface area contributed by atoms with Gasteiger partial charge in [-0.1, -0.05) is 72.8 Å². The first-order valence-corrected chi connectivity index (χ1v) is 15.9. The van der Waals surface area contributed by atoms with E-state index in [-0.39, 0.29) is 12.2 Å². The summed E-state index contributed by atoms with van der Waals surface area (Å²) < 4.78 is 34.8. The minimum absolute atomic E-state index is 0.00263. The SMILES string of the molecule is C/C=C/CC[C@H]1CC[C@H](c2ccc(CCOC(F)(F)c3ccc([C@H]4CC[C@H](CC/C=C/C)CC4)cc3)cc2)CC1. The summed E-state index contributed by atoms with van der Waals surface area (Å²) in [5.41, 5.74) is 3.59. The fraction of sp³-hybridized carbons (Fsp3) is 0.568. The lowest BCUT2D eigenvalue weighted by Crippen LogP contribution is -2.20. The molecule has 2 fully saturated rings. The van der Waals surface area contributed by atoms with Gasteiger partial charge in [0, 0.05) is 0 Å². The molecule has 1 nitrogen and oxygen atoms in total. The maximum absolute atomic E-state index is 14.8. The highest BCUT2D eigenvalue weighted by Crippen LogP contribution is 2.39. The average molecular weight is 549 g/mol. The van der Waals surface area contributed by atoms with Gasteiger partial charge >= 0.3 is 6.11 Å². The number of rotatable bonds is 13. The largest absolute Gasteiger partial charge is 0.383 e. The third-order valence-corrected chi connectivity index (χ3v) is 9.49. The molecule has 218 valence electrons. The molecule has 40 heavy (non-hydrogen) atoms. The van der Waals surface area contributed by atoms with Crippen molar-refractivity contribution in [3.63, 3.8) is 0 Å². The van der Waals surface area contributed by atoms with Crippen molar-refractivity contribution in [1.82, 2.24) is 0 Å². The first-order chi connectivity index (χ1) is 19.5. The second-order valence-corrected chi connectivity index (χ2v) is 12.2. The van der Waals surface area contributed by atoms with E-state index in [0.29, 0.717) is 18.3 Å². The Hall–Kier alpha value is -2.26. The summed E-state index contributed by atoms with van der Waals surface area (Å²) in [6.07, 6.45) is 20.9. The van der Waals surface area contributed by atoms with Crippen molar-refractivity contribution in [2.24, 2.45) is 11.8 Å². The van der Waals surface area contributed by atoms with Crippen LogP contribution < -0.4 is 0 Å².